The molecule has 1 aliphatic heterocycles. The van der Waals surface area contributed by atoms with E-state index in [4.69, 9.17) is 18.9 Å². The van der Waals surface area contributed by atoms with Crippen LogP contribution in [-0.2, 0) is 28.5 Å². The number of carbonyl (C=O) groups is 2. The third-order valence-corrected chi connectivity index (χ3v) is 4.09. The van der Waals surface area contributed by atoms with Gasteiger partial charge >= 0.3 is 11.9 Å². The van der Waals surface area contributed by atoms with Gasteiger partial charge in [-0.3, -0.25) is 9.59 Å². The molecule has 1 aliphatic carbocycles. The molecular formula is C16H22O6. The zero-order valence-electron chi connectivity index (χ0n) is 13.4. The van der Waals surface area contributed by atoms with E-state index in [0.717, 1.165) is 12.0 Å². The van der Waals surface area contributed by atoms with Crippen molar-refractivity contribution in [3.63, 3.8) is 0 Å². The minimum Gasteiger partial charge on any atom is -0.468 e. The highest BCUT2D eigenvalue weighted by atomic mass is 16.7. The van der Waals surface area contributed by atoms with Gasteiger partial charge in [-0.1, -0.05) is 17.7 Å². The van der Waals surface area contributed by atoms with Gasteiger partial charge in [-0.25, -0.2) is 0 Å². The average Bonchev–Trinajstić information content (AvgIpc) is 2.94. The quantitative estimate of drug-likeness (QED) is 0.580. The van der Waals surface area contributed by atoms with Crippen LogP contribution >= 0.6 is 0 Å². The average molecular weight is 310 g/mol. The molecular weight excluding hydrogens is 288 g/mol. The highest BCUT2D eigenvalue weighted by Gasteiger charge is 2.42. The maximum Gasteiger partial charge on any atom is 0.324 e. The summed E-state index contributed by atoms with van der Waals surface area (Å²) >= 11 is 0. The molecule has 0 saturated carbocycles. The van der Waals surface area contributed by atoms with Gasteiger partial charge < -0.3 is 18.9 Å². The van der Waals surface area contributed by atoms with E-state index in [1.165, 1.54) is 14.2 Å². The first-order valence-corrected chi connectivity index (χ1v) is 7.23. The fourth-order valence-corrected chi connectivity index (χ4v) is 2.89. The van der Waals surface area contributed by atoms with Gasteiger partial charge in [0.1, 0.15) is 0 Å². The number of esters is 2. The van der Waals surface area contributed by atoms with Gasteiger partial charge in [0.05, 0.1) is 27.4 Å². The topological polar surface area (TPSA) is 71.1 Å². The van der Waals surface area contributed by atoms with E-state index in [1.807, 2.05) is 26.0 Å². The van der Waals surface area contributed by atoms with Gasteiger partial charge in [0.25, 0.3) is 0 Å². The van der Waals surface area contributed by atoms with E-state index < -0.39 is 23.6 Å². The van der Waals surface area contributed by atoms with E-state index in [1.54, 1.807) is 0 Å². The second kappa shape index (κ2) is 6.62. The summed E-state index contributed by atoms with van der Waals surface area (Å²) in [6.45, 7) is 4.90. The van der Waals surface area contributed by atoms with Crippen molar-refractivity contribution in [1.82, 2.24) is 0 Å². The Morgan fingerprint density at radius 3 is 2.27 bits per heavy atom. The van der Waals surface area contributed by atoms with Crippen molar-refractivity contribution in [1.29, 1.82) is 0 Å². The zero-order valence-corrected chi connectivity index (χ0v) is 13.4. The van der Waals surface area contributed by atoms with Gasteiger partial charge in [0, 0.05) is 5.92 Å². The van der Waals surface area contributed by atoms with Crippen LogP contribution in [-0.4, -0.2) is 45.2 Å². The van der Waals surface area contributed by atoms with Crippen molar-refractivity contribution in [2.45, 2.75) is 26.1 Å². The summed E-state index contributed by atoms with van der Waals surface area (Å²) in [6.07, 6.45) is 4.43. The molecule has 0 aromatic rings. The lowest BCUT2D eigenvalue weighted by atomic mass is 9.82. The maximum atomic E-state index is 12.0. The summed E-state index contributed by atoms with van der Waals surface area (Å²) in [7, 11) is 2.50. The molecule has 22 heavy (non-hydrogen) atoms. The number of ether oxygens (including phenoxy) is 4. The smallest absolute Gasteiger partial charge is 0.324 e. The Kier molecular flexibility index (Phi) is 5.03. The van der Waals surface area contributed by atoms with Crippen LogP contribution in [0.1, 0.15) is 20.3 Å². The number of carbonyl (C=O) groups excluding carboxylic acids is 2. The monoisotopic (exact) mass is 310 g/mol. The lowest BCUT2D eigenvalue weighted by Crippen LogP contribution is -2.37. The number of methoxy groups -OCH3 is 2. The third kappa shape index (κ3) is 3.23. The molecule has 6 heteroatoms. The minimum absolute atomic E-state index is 0.0770. The van der Waals surface area contributed by atoms with Crippen molar-refractivity contribution in [2.24, 2.45) is 11.8 Å². The van der Waals surface area contributed by atoms with Crippen LogP contribution in [0, 0.1) is 11.8 Å². The molecule has 1 saturated heterocycles. The minimum atomic E-state index is -1.09. The Morgan fingerprint density at radius 2 is 1.77 bits per heavy atom. The van der Waals surface area contributed by atoms with Crippen LogP contribution in [0.3, 0.4) is 0 Å². The molecule has 0 bridgehead atoms. The molecule has 0 radical (unpaired) electrons. The Hall–Kier alpha value is -1.66. The van der Waals surface area contributed by atoms with Crippen LogP contribution in [0.2, 0.25) is 0 Å². The summed E-state index contributed by atoms with van der Waals surface area (Å²) < 4.78 is 20.9. The van der Waals surface area contributed by atoms with E-state index >= 15 is 0 Å². The number of hydrogen-bond donors (Lipinski definition) is 0. The lowest BCUT2D eigenvalue weighted by Gasteiger charge is -2.33. The van der Waals surface area contributed by atoms with Crippen molar-refractivity contribution in [3.05, 3.63) is 23.3 Å². The van der Waals surface area contributed by atoms with Gasteiger partial charge in [0.15, 0.2) is 11.7 Å². The van der Waals surface area contributed by atoms with Gasteiger partial charge in [-0.05, 0) is 25.8 Å². The van der Waals surface area contributed by atoms with E-state index in [9.17, 15) is 9.59 Å². The maximum absolute atomic E-state index is 12.0. The van der Waals surface area contributed by atoms with Gasteiger partial charge in [0.2, 0.25) is 0 Å². The molecule has 1 unspecified atom stereocenters. The first-order valence-electron chi connectivity index (χ1n) is 7.23. The molecule has 0 spiro atoms. The van der Waals surface area contributed by atoms with Crippen LogP contribution in [0.5, 0.6) is 0 Å². The molecule has 0 aromatic heterocycles. The second-order valence-corrected chi connectivity index (χ2v) is 5.66. The van der Waals surface area contributed by atoms with Crippen molar-refractivity contribution >= 4 is 11.9 Å². The van der Waals surface area contributed by atoms with Crippen LogP contribution in [0.25, 0.3) is 0 Å². The van der Waals surface area contributed by atoms with E-state index in [2.05, 4.69) is 0 Å². The Bertz CT molecular complexity index is 497. The molecule has 1 atom stereocenters. The molecule has 0 amide bonds. The largest absolute Gasteiger partial charge is 0.468 e. The molecule has 122 valence electrons. The SMILES string of the molecule is COC(=O)C(C(=O)OC)C1=CC(C2(C)OCCO2)CC(C)=C1. The Labute approximate surface area is 130 Å². The fraction of sp³-hybridized carbons (Fsp3) is 0.625. The predicted octanol–water partition coefficient (Wildman–Crippen LogP) is 1.60. The van der Waals surface area contributed by atoms with E-state index in [0.29, 0.717) is 18.8 Å². The molecule has 6 nitrogen and oxygen atoms in total. The first kappa shape index (κ1) is 16.7. The summed E-state index contributed by atoms with van der Waals surface area (Å²) in [4.78, 5) is 23.9. The highest BCUT2D eigenvalue weighted by Crippen LogP contribution is 2.38. The molecule has 2 aliphatic rings. The van der Waals surface area contributed by atoms with Crippen LogP contribution in [0.4, 0.5) is 0 Å². The Morgan fingerprint density at radius 1 is 1.23 bits per heavy atom. The standard InChI is InChI=1S/C16H22O6/c1-10-7-11(13(14(17)19-3)15(18)20-4)9-12(8-10)16(2)21-5-6-22-16/h7,9,12-13H,5-6,8H2,1-4H3. The second-order valence-electron chi connectivity index (χ2n) is 5.66. The third-order valence-electron chi connectivity index (χ3n) is 4.09. The molecule has 2 rings (SSSR count). The first-order chi connectivity index (χ1) is 10.4. The highest BCUT2D eigenvalue weighted by molar-refractivity contribution is 5.98. The molecule has 0 aromatic carbocycles. The number of hydrogen-bond acceptors (Lipinski definition) is 6. The van der Waals surface area contributed by atoms with Crippen molar-refractivity contribution in [2.75, 3.05) is 27.4 Å². The molecule has 1 fully saturated rings. The lowest BCUT2D eigenvalue weighted by molar-refractivity contribution is -0.170. The van der Waals surface area contributed by atoms with E-state index in [-0.39, 0.29) is 5.92 Å². The molecule has 0 N–H and O–H groups in total. The van der Waals surface area contributed by atoms with Gasteiger partial charge in [-0.15, -0.1) is 0 Å². The van der Waals surface area contributed by atoms with Gasteiger partial charge in [-0.2, -0.15) is 0 Å². The number of allylic oxidation sites excluding steroid dienone is 2. The summed E-state index contributed by atoms with van der Waals surface area (Å²) in [5.74, 6) is -3.18. The Balaban J connectivity index is 2.35. The summed E-state index contributed by atoms with van der Waals surface area (Å²) in [5, 5.41) is 0. The van der Waals surface area contributed by atoms with Crippen molar-refractivity contribution in [3.8, 4) is 0 Å². The fourth-order valence-electron chi connectivity index (χ4n) is 2.89. The van der Waals surface area contributed by atoms with Crippen molar-refractivity contribution < 1.29 is 28.5 Å². The normalized spacial score (nSPS) is 23.8. The zero-order chi connectivity index (χ0) is 16.3. The summed E-state index contributed by atoms with van der Waals surface area (Å²) in [6, 6.07) is 0. The molecule has 1 heterocycles. The van der Waals surface area contributed by atoms with Crippen LogP contribution in [0.15, 0.2) is 23.3 Å². The van der Waals surface area contributed by atoms with Crippen LogP contribution < -0.4 is 0 Å². The predicted molar refractivity (Wildman–Crippen MR) is 77.8 cm³/mol. The number of rotatable bonds is 4. The summed E-state index contributed by atoms with van der Waals surface area (Å²) in [5.41, 5.74) is 1.61.